The predicted octanol–water partition coefficient (Wildman–Crippen LogP) is 3.46. The first kappa shape index (κ1) is 14.0. The van der Waals surface area contributed by atoms with Gasteiger partial charge in [-0.3, -0.25) is 0 Å². The summed E-state index contributed by atoms with van der Waals surface area (Å²) in [5.74, 6) is -11.8. The second-order valence-corrected chi connectivity index (χ2v) is 3.06. The third kappa shape index (κ3) is 2.80. The standard InChI is InChI=1S/C9H6F5N3O/c10-4-5(11)7(13)9(8(14)6(4)12)18-3-1-2-16-17-15/h1-3H2. The van der Waals surface area contributed by atoms with Gasteiger partial charge in [0.25, 0.3) is 0 Å². The van der Waals surface area contributed by atoms with E-state index in [2.05, 4.69) is 14.8 Å². The average Bonchev–Trinajstić information content (AvgIpc) is 2.37. The highest BCUT2D eigenvalue weighted by Crippen LogP contribution is 2.29. The molecule has 4 nitrogen and oxygen atoms in total. The minimum atomic E-state index is -2.24. The largest absolute Gasteiger partial charge is 0.487 e. The Labute approximate surface area is 97.6 Å². The maximum atomic E-state index is 13.1. The normalized spacial score (nSPS) is 10.1. The van der Waals surface area contributed by atoms with Crippen LogP contribution < -0.4 is 4.74 Å². The fourth-order valence-corrected chi connectivity index (χ4v) is 1.07. The maximum Gasteiger partial charge on any atom is 0.206 e. The highest BCUT2D eigenvalue weighted by atomic mass is 19.2. The van der Waals surface area contributed by atoms with E-state index in [4.69, 9.17) is 5.53 Å². The second-order valence-electron chi connectivity index (χ2n) is 3.06. The summed E-state index contributed by atoms with van der Waals surface area (Å²) in [4.78, 5) is 2.41. The second kappa shape index (κ2) is 6.06. The monoisotopic (exact) mass is 267 g/mol. The molecule has 0 aliphatic heterocycles. The van der Waals surface area contributed by atoms with Crippen LogP contribution in [0, 0.1) is 29.1 Å². The van der Waals surface area contributed by atoms with Crippen LogP contribution in [-0.4, -0.2) is 13.2 Å². The van der Waals surface area contributed by atoms with Crippen molar-refractivity contribution in [1.82, 2.24) is 0 Å². The molecule has 0 bridgehead atoms. The molecule has 1 aromatic carbocycles. The van der Waals surface area contributed by atoms with Crippen LogP contribution in [0.4, 0.5) is 22.0 Å². The fourth-order valence-electron chi connectivity index (χ4n) is 1.07. The summed E-state index contributed by atoms with van der Waals surface area (Å²) in [5, 5.41) is 3.10. The molecule has 0 N–H and O–H groups in total. The van der Waals surface area contributed by atoms with E-state index in [-0.39, 0.29) is 19.6 Å². The molecule has 98 valence electrons. The molecule has 0 spiro atoms. The van der Waals surface area contributed by atoms with Crippen molar-refractivity contribution >= 4 is 0 Å². The summed E-state index contributed by atoms with van der Waals surface area (Å²) in [7, 11) is 0. The molecule has 0 fully saturated rings. The number of rotatable bonds is 5. The Hall–Kier alpha value is -2.02. The number of azide groups is 1. The van der Waals surface area contributed by atoms with Gasteiger partial charge in [-0.05, 0) is 12.0 Å². The quantitative estimate of drug-likeness (QED) is 0.153. The van der Waals surface area contributed by atoms with E-state index < -0.39 is 34.8 Å². The number of nitrogens with zero attached hydrogens (tertiary/aromatic N) is 3. The lowest BCUT2D eigenvalue weighted by atomic mass is 10.2. The van der Waals surface area contributed by atoms with Crippen LogP contribution in [-0.2, 0) is 0 Å². The highest BCUT2D eigenvalue weighted by molar-refractivity contribution is 5.29. The van der Waals surface area contributed by atoms with Gasteiger partial charge in [-0.2, -0.15) is 8.78 Å². The summed E-state index contributed by atoms with van der Waals surface area (Å²) >= 11 is 0. The van der Waals surface area contributed by atoms with Gasteiger partial charge >= 0.3 is 0 Å². The summed E-state index contributed by atoms with van der Waals surface area (Å²) in [5.41, 5.74) is 7.93. The molecular formula is C9H6F5N3O. The molecule has 18 heavy (non-hydrogen) atoms. The van der Waals surface area contributed by atoms with E-state index in [1.54, 1.807) is 0 Å². The zero-order valence-electron chi connectivity index (χ0n) is 8.76. The van der Waals surface area contributed by atoms with Crippen molar-refractivity contribution in [3.05, 3.63) is 39.5 Å². The lowest BCUT2D eigenvalue weighted by Gasteiger charge is -2.09. The Bertz CT molecular complexity index is 472. The number of halogens is 5. The van der Waals surface area contributed by atoms with Gasteiger partial charge in [-0.1, -0.05) is 5.11 Å². The van der Waals surface area contributed by atoms with Gasteiger partial charge in [-0.25, -0.2) is 13.2 Å². The Balaban J connectivity index is 2.86. The summed E-state index contributed by atoms with van der Waals surface area (Å²) in [6, 6.07) is 0. The molecule has 0 aliphatic carbocycles. The van der Waals surface area contributed by atoms with Crippen molar-refractivity contribution in [3.63, 3.8) is 0 Å². The van der Waals surface area contributed by atoms with Crippen LogP contribution in [0.2, 0.25) is 0 Å². The molecule has 0 atom stereocenters. The predicted molar refractivity (Wildman–Crippen MR) is 50.4 cm³/mol. The number of hydrogen-bond donors (Lipinski definition) is 0. The first-order chi connectivity index (χ1) is 8.50. The van der Waals surface area contributed by atoms with Crippen LogP contribution in [0.3, 0.4) is 0 Å². The fraction of sp³-hybridized carbons (Fsp3) is 0.333. The molecular weight excluding hydrogens is 261 g/mol. The number of ether oxygens (including phenoxy) is 1. The van der Waals surface area contributed by atoms with E-state index in [1.807, 2.05) is 0 Å². The molecule has 1 rings (SSSR count). The topological polar surface area (TPSA) is 58.0 Å². The van der Waals surface area contributed by atoms with Crippen molar-refractivity contribution in [2.45, 2.75) is 6.42 Å². The van der Waals surface area contributed by atoms with Crippen molar-refractivity contribution in [1.29, 1.82) is 0 Å². The van der Waals surface area contributed by atoms with Crippen molar-refractivity contribution in [3.8, 4) is 5.75 Å². The lowest BCUT2D eigenvalue weighted by molar-refractivity contribution is 0.260. The SMILES string of the molecule is [N-]=[N+]=NCCCOc1c(F)c(F)c(F)c(F)c1F. The minimum Gasteiger partial charge on any atom is -0.487 e. The van der Waals surface area contributed by atoms with Crippen molar-refractivity contribution in [2.24, 2.45) is 5.11 Å². The van der Waals surface area contributed by atoms with Crippen LogP contribution >= 0.6 is 0 Å². The molecule has 0 radical (unpaired) electrons. The lowest BCUT2D eigenvalue weighted by Crippen LogP contribution is -2.08. The van der Waals surface area contributed by atoms with Gasteiger partial charge < -0.3 is 4.74 Å². The summed E-state index contributed by atoms with van der Waals surface area (Å²) < 4.78 is 68.6. The van der Waals surface area contributed by atoms with Gasteiger partial charge in [-0.15, -0.1) is 0 Å². The Morgan fingerprint density at radius 2 is 1.44 bits per heavy atom. The zero-order valence-corrected chi connectivity index (χ0v) is 8.76. The molecule has 0 aromatic heterocycles. The van der Waals surface area contributed by atoms with Crippen molar-refractivity contribution in [2.75, 3.05) is 13.2 Å². The zero-order chi connectivity index (χ0) is 13.7. The Morgan fingerprint density at radius 1 is 0.944 bits per heavy atom. The van der Waals surface area contributed by atoms with E-state index in [0.717, 1.165) is 0 Å². The van der Waals surface area contributed by atoms with Crippen LogP contribution in [0.25, 0.3) is 10.4 Å². The van der Waals surface area contributed by atoms with E-state index in [9.17, 15) is 22.0 Å². The minimum absolute atomic E-state index is 0.0219. The molecule has 0 saturated carbocycles. The van der Waals surface area contributed by atoms with E-state index in [0.29, 0.717) is 0 Å². The molecule has 0 aliphatic rings. The van der Waals surface area contributed by atoms with Gasteiger partial charge in [0.1, 0.15) is 0 Å². The van der Waals surface area contributed by atoms with E-state index >= 15 is 0 Å². The van der Waals surface area contributed by atoms with Gasteiger partial charge in [0, 0.05) is 11.5 Å². The molecule has 0 heterocycles. The smallest absolute Gasteiger partial charge is 0.206 e. The highest BCUT2D eigenvalue weighted by Gasteiger charge is 2.26. The summed E-state index contributed by atoms with van der Waals surface area (Å²) in [6.45, 7) is -0.372. The third-order valence-electron chi connectivity index (χ3n) is 1.88. The van der Waals surface area contributed by atoms with Crippen LogP contribution in [0.1, 0.15) is 6.42 Å². The number of hydrogen-bond acceptors (Lipinski definition) is 2. The van der Waals surface area contributed by atoms with Gasteiger partial charge in [0.2, 0.25) is 29.1 Å². The van der Waals surface area contributed by atoms with E-state index in [1.165, 1.54) is 0 Å². The molecule has 0 saturated heterocycles. The molecule has 9 heteroatoms. The molecule has 0 unspecified atom stereocenters. The van der Waals surface area contributed by atoms with Crippen molar-refractivity contribution < 1.29 is 26.7 Å². The van der Waals surface area contributed by atoms with Crippen LogP contribution in [0.5, 0.6) is 5.75 Å². The third-order valence-corrected chi connectivity index (χ3v) is 1.88. The molecule has 1 aromatic rings. The number of benzene rings is 1. The van der Waals surface area contributed by atoms with Gasteiger partial charge in [0.15, 0.2) is 5.75 Å². The van der Waals surface area contributed by atoms with Crippen LogP contribution in [0.15, 0.2) is 5.11 Å². The first-order valence-corrected chi connectivity index (χ1v) is 4.65. The maximum absolute atomic E-state index is 13.1. The summed E-state index contributed by atoms with van der Waals surface area (Å²) in [6.07, 6.45) is 0.0730. The first-order valence-electron chi connectivity index (χ1n) is 4.65. The molecule has 0 amide bonds. The van der Waals surface area contributed by atoms with Gasteiger partial charge in [0.05, 0.1) is 6.61 Å². The average molecular weight is 267 g/mol. The Kier molecular flexibility index (Phi) is 4.73. The Morgan fingerprint density at radius 3 is 1.94 bits per heavy atom.